The average molecular weight is 342 g/mol. The molecule has 0 unspecified atom stereocenters. The Morgan fingerprint density at radius 2 is 2.04 bits per heavy atom. The summed E-state index contributed by atoms with van der Waals surface area (Å²) < 4.78 is 32.3. The Kier molecular flexibility index (Phi) is 6.23. The zero-order valence-corrected chi connectivity index (χ0v) is 14.6. The summed E-state index contributed by atoms with van der Waals surface area (Å²) in [7, 11) is -0.0815. The maximum absolute atomic E-state index is 12.8. The van der Waals surface area contributed by atoms with E-state index in [0.717, 1.165) is 25.2 Å². The van der Waals surface area contributed by atoms with Crippen LogP contribution < -0.4 is 11.1 Å². The van der Waals surface area contributed by atoms with E-state index in [1.807, 2.05) is 0 Å². The fraction of sp³-hybridized carbons (Fsp3) is 0.600. The number of rotatable bonds is 6. The van der Waals surface area contributed by atoms with Gasteiger partial charge >= 0.3 is 0 Å². The van der Waals surface area contributed by atoms with Crippen molar-refractivity contribution in [2.75, 3.05) is 64.5 Å². The van der Waals surface area contributed by atoms with Crippen LogP contribution >= 0.6 is 0 Å². The van der Waals surface area contributed by atoms with Crippen LogP contribution in [0.25, 0.3) is 0 Å². The molecule has 0 atom stereocenters. The van der Waals surface area contributed by atoms with Crippen LogP contribution in [0.1, 0.15) is 6.42 Å². The minimum atomic E-state index is -3.51. The largest absolute Gasteiger partial charge is 0.397 e. The number of methoxy groups -OCH3 is 1. The van der Waals surface area contributed by atoms with E-state index in [1.165, 1.54) is 6.07 Å². The van der Waals surface area contributed by atoms with Gasteiger partial charge in [-0.15, -0.1) is 0 Å². The molecule has 1 aromatic rings. The summed E-state index contributed by atoms with van der Waals surface area (Å²) in [6.45, 7) is 4.10. The molecule has 1 saturated heterocycles. The van der Waals surface area contributed by atoms with Crippen molar-refractivity contribution in [3.63, 3.8) is 0 Å². The average Bonchev–Trinajstić information content (AvgIpc) is 2.78. The third kappa shape index (κ3) is 4.35. The summed E-state index contributed by atoms with van der Waals surface area (Å²) in [5, 5.41) is 2.94. The van der Waals surface area contributed by atoms with Gasteiger partial charge in [-0.2, -0.15) is 4.31 Å². The Labute approximate surface area is 138 Å². The lowest BCUT2D eigenvalue weighted by molar-refractivity contribution is 0.151. The standard InChI is InChI=1S/C15H26N4O3S/c1-17-15-5-4-13(12-14(15)16)23(20,21)19-7-3-6-18(8-9-19)10-11-22-2/h4-5,12,17H,3,6-11,16H2,1-2H3. The van der Waals surface area contributed by atoms with Crippen LogP contribution in [-0.4, -0.2) is 71.1 Å². The molecule has 0 amide bonds. The zero-order valence-electron chi connectivity index (χ0n) is 13.8. The molecule has 2 rings (SSSR count). The molecule has 1 fully saturated rings. The van der Waals surface area contributed by atoms with E-state index < -0.39 is 10.0 Å². The van der Waals surface area contributed by atoms with Crippen molar-refractivity contribution in [2.24, 2.45) is 0 Å². The predicted octanol–water partition coefficient (Wildman–Crippen LogP) is 0.653. The summed E-state index contributed by atoms with van der Waals surface area (Å²) in [5.41, 5.74) is 7.06. The molecule has 7 nitrogen and oxygen atoms in total. The summed E-state index contributed by atoms with van der Waals surface area (Å²) in [4.78, 5) is 2.48. The van der Waals surface area contributed by atoms with Crippen LogP contribution in [0.4, 0.5) is 11.4 Å². The smallest absolute Gasteiger partial charge is 0.243 e. The van der Waals surface area contributed by atoms with Crippen LogP contribution in [0, 0.1) is 0 Å². The Morgan fingerprint density at radius 1 is 1.26 bits per heavy atom. The molecule has 0 bridgehead atoms. The first-order chi connectivity index (χ1) is 11.0. The second kappa shape index (κ2) is 7.96. The van der Waals surface area contributed by atoms with Gasteiger partial charge in [-0.3, -0.25) is 4.90 Å². The molecule has 0 spiro atoms. The molecule has 3 N–H and O–H groups in total. The van der Waals surface area contributed by atoms with E-state index in [9.17, 15) is 8.42 Å². The number of nitrogens with zero attached hydrogens (tertiary/aromatic N) is 2. The topological polar surface area (TPSA) is 87.9 Å². The van der Waals surface area contributed by atoms with Crippen LogP contribution in [0.5, 0.6) is 0 Å². The maximum atomic E-state index is 12.8. The molecule has 8 heteroatoms. The van der Waals surface area contributed by atoms with E-state index in [4.69, 9.17) is 10.5 Å². The normalized spacial score (nSPS) is 17.8. The first-order valence-electron chi connectivity index (χ1n) is 7.77. The van der Waals surface area contributed by atoms with Gasteiger partial charge < -0.3 is 15.8 Å². The van der Waals surface area contributed by atoms with Gasteiger partial charge in [0.1, 0.15) is 0 Å². The molecular formula is C15H26N4O3S. The molecule has 130 valence electrons. The van der Waals surface area contributed by atoms with Crippen LogP contribution in [0.3, 0.4) is 0 Å². The van der Waals surface area contributed by atoms with Crippen molar-refractivity contribution in [3.05, 3.63) is 18.2 Å². The van der Waals surface area contributed by atoms with Crippen molar-refractivity contribution in [3.8, 4) is 0 Å². The molecule has 0 radical (unpaired) electrons. The number of anilines is 2. The van der Waals surface area contributed by atoms with Gasteiger partial charge in [0.2, 0.25) is 10.0 Å². The first kappa shape index (κ1) is 18.0. The number of nitrogens with two attached hydrogens (primary N) is 1. The van der Waals surface area contributed by atoms with Gasteiger partial charge in [0.15, 0.2) is 0 Å². The third-order valence-electron chi connectivity index (χ3n) is 4.09. The van der Waals surface area contributed by atoms with Crippen LogP contribution in [0.2, 0.25) is 0 Å². The lowest BCUT2D eigenvalue weighted by Gasteiger charge is -2.22. The number of sulfonamides is 1. The van der Waals surface area contributed by atoms with E-state index in [-0.39, 0.29) is 4.90 Å². The van der Waals surface area contributed by atoms with Crippen molar-refractivity contribution in [1.82, 2.24) is 9.21 Å². The molecule has 0 aliphatic carbocycles. The third-order valence-corrected chi connectivity index (χ3v) is 5.98. The molecule has 0 saturated carbocycles. The molecular weight excluding hydrogens is 316 g/mol. The van der Waals surface area contributed by atoms with Gasteiger partial charge in [-0.25, -0.2) is 8.42 Å². The Balaban J connectivity index is 2.11. The fourth-order valence-corrected chi connectivity index (χ4v) is 4.22. The van der Waals surface area contributed by atoms with Crippen LogP contribution in [0.15, 0.2) is 23.1 Å². The fourth-order valence-electron chi connectivity index (χ4n) is 2.71. The SMILES string of the molecule is CNc1ccc(S(=O)(=O)N2CCCN(CCOC)CC2)cc1N. The van der Waals surface area contributed by atoms with Crippen LogP contribution in [-0.2, 0) is 14.8 Å². The zero-order chi connectivity index (χ0) is 16.9. The van der Waals surface area contributed by atoms with Gasteiger partial charge in [0.05, 0.1) is 22.9 Å². The van der Waals surface area contributed by atoms with Gasteiger partial charge in [0, 0.05) is 40.3 Å². The Hall–Kier alpha value is -1.35. The quantitative estimate of drug-likeness (QED) is 0.738. The molecule has 1 heterocycles. The van der Waals surface area contributed by atoms with Gasteiger partial charge in [-0.1, -0.05) is 0 Å². The number of benzene rings is 1. The Bertz CT molecular complexity index is 621. The highest BCUT2D eigenvalue weighted by Gasteiger charge is 2.27. The summed E-state index contributed by atoms with van der Waals surface area (Å²) >= 11 is 0. The minimum Gasteiger partial charge on any atom is -0.397 e. The summed E-state index contributed by atoms with van der Waals surface area (Å²) in [6, 6.07) is 4.82. The number of hydrogen-bond acceptors (Lipinski definition) is 6. The number of nitrogen functional groups attached to an aromatic ring is 1. The lowest BCUT2D eigenvalue weighted by atomic mass is 10.3. The lowest BCUT2D eigenvalue weighted by Crippen LogP contribution is -2.36. The summed E-state index contributed by atoms with van der Waals surface area (Å²) in [5.74, 6) is 0. The summed E-state index contributed by atoms with van der Waals surface area (Å²) in [6.07, 6.45) is 0.813. The van der Waals surface area contributed by atoms with Crippen molar-refractivity contribution in [1.29, 1.82) is 0 Å². The number of ether oxygens (including phenoxy) is 1. The van der Waals surface area contributed by atoms with Gasteiger partial charge in [-0.05, 0) is 31.2 Å². The van der Waals surface area contributed by atoms with E-state index in [2.05, 4.69) is 10.2 Å². The highest BCUT2D eigenvalue weighted by molar-refractivity contribution is 7.89. The molecule has 1 aliphatic heterocycles. The second-order valence-corrected chi connectivity index (χ2v) is 7.53. The minimum absolute atomic E-state index is 0.249. The highest BCUT2D eigenvalue weighted by Crippen LogP contribution is 2.25. The van der Waals surface area contributed by atoms with E-state index in [1.54, 1.807) is 30.6 Å². The number of hydrogen-bond donors (Lipinski definition) is 2. The van der Waals surface area contributed by atoms with Crippen molar-refractivity contribution in [2.45, 2.75) is 11.3 Å². The van der Waals surface area contributed by atoms with Gasteiger partial charge in [0.25, 0.3) is 0 Å². The maximum Gasteiger partial charge on any atom is 0.243 e. The second-order valence-electron chi connectivity index (χ2n) is 5.59. The number of nitrogens with one attached hydrogen (secondary N) is 1. The molecule has 1 aliphatic rings. The predicted molar refractivity (Wildman–Crippen MR) is 92.1 cm³/mol. The molecule has 1 aromatic carbocycles. The first-order valence-corrected chi connectivity index (χ1v) is 9.21. The monoisotopic (exact) mass is 342 g/mol. The van der Waals surface area contributed by atoms with Crippen molar-refractivity contribution < 1.29 is 13.2 Å². The molecule has 23 heavy (non-hydrogen) atoms. The van der Waals surface area contributed by atoms with E-state index in [0.29, 0.717) is 31.9 Å². The molecule has 0 aromatic heterocycles. The van der Waals surface area contributed by atoms with Crippen molar-refractivity contribution >= 4 is 21.4 Å². The van der Waals surface area contributed by atoms with E-state index >= 15 is 0 Å². The Morgan fingerprint density at radius 3 is 2.70 bits per heavy atom. The highest BCUT2D eigenvalue weighted by atomic mass is 32.2.